The molecule has 0 aliphatic heterocycles. The molecular weight excluding hydrogens is 174 g/mol. The van der Waals surface area contributed by atoms with Crippen LogP contribution in [0, 0.1) is 12.3 Å². The molecule has 0 unspecified atom stereocenters. The lowest BCUT2D eigenvalue weighted by Gasteiger charge is -1.91. The van der Waals surface area contributed by atoms with E-state index in [-0.39, 0.29) is 12.4 Å². The molecule has 0 bridgehead atoms. The van der Waals surface area contributed by atoms with Crippen molar-refractivity contribution in [2.24, 2.45) is 0 Å². The molecule has 1 aromatic rings. The first-order chi connectivity index (χ1) is 5.36. The summed E-state index contributed by atoms with van der Waals surface area (Å²) >= 11 is 0. The number of halogens is 1. The van der Waals surface area contributed by atoms with E-state index in [9.17, 15) is 0 Å². The van der Waals surface area contributed by atoms with Gasteiger partial charge >= 0.3 is 0 Å². The maximum atomic E-state index is 5.12. The van der Waals surface area contributed by atoms with Crippen molar-refractivity contribution in [3.63, 3.8) is 0 Å². The monoisotopic (exact) mass is 185 g/mol. The van der Waals surface area contributed by atoms with Crippen LogP contribution >= 0.6 is 12.4 Å². The molecule has 1 N–H and O–H groups in total. The van der Waals surface area contributed by atoms with Crippen molar-refractivity contribution in [1.29, 1.82) is 0 Å². The van der Waals surface area contributed by atoms with Crippen molar-refractivity contribution in [1.82, 2.24) is 15.1 Å². The van der Waals surface area contributed by atoms with Crippen LogP contribution in [0.25, 0.3) is 0 Å². The lowest BCUT2D eigenvalue weighted by atomic mass is 10.4. The summed E-state index contributed by atoms with van der Waals surface area (Å²) in [4.78, 5) is 0. The molecule has 0 aliphatic rings. The van der Waals surface area contributed by atoms with Gasteiger partial charge in [0.2, 0.25) is 0 Å². The quantitative estimate of drug-likeness (QED) is 0.702. The first-order valence-corrected chi connectivity index (χ1v) is 3.46. The third-order valence-corrected chi connectivity index (χ3v) is 1.32. The summed E-state index contributed by atoms with van der Waals surface area (Å²) in [5, 5.41) is 7.09. The number of hydrogen-bond donors (Lipinski definition) is 1. The predicted molar refractivity (Wildman–Crippen MR) is 51.1 cm³/mol. The van der Waals surface area contributed by atoms with Crippen molar-refractivity contribution in [2.45, 2.75) is 13.1 Å². The van der Waals surface area contributed by atoms with Crippen LogP contribution in [0.5, 0.6) is 0 Å². The predicted octanol–water partition coefficient (Wildman–Crippen LogP) is 0.657. The van der Waals surface area contributed by atoms with Gasteiger partial charge in [-0.1, -0.05) is 5.92 Å². The van der Waals surface area contributed by atoms with E-state index in [4.69, 9.17) is 6.42 Å². The fourth-order valence-corrected chi connectivity index (χ4v) is 0.882. The normalized spacial score (nSPS) is 8.67. The molecule has 0 radical (unpaired) electrons. The molecule has 66 valence electrons. The maximum absolute atomic E-state index is 5.12. The van der Waals surface area contributed by atoms with Crippen LogP contribution in [-0.4, -0.2) is 16.8 Å². The van der Waals surface area contributed by atoms with Gasteiger partial charge in [-0.05, 0) is 7.05 Å². The van der Waals surface area contributed by atoms with Gasteiger partial charge in [0.1, 0.15) is 6.54 Å². The zero-order valence-corrected chi connectivity index (χ0v) is 7.77. The second-order valence-electron chi connectivity index (χ2n) is 2.28. The average Bonchev–Trinajstić information content (AvgIpc) is 2.38. The molecule has 1 heterocycles. The topological polar surface area (TPSA) is 29.9 Å². The van der Waals surface area contributed by atoms with Gasteiger partial charge in [-0.15, -0.1) is 18.8 Å². The minimum Gasteiger partial charge on any atom is -0.316 e. The van der Waals surface area contributed by atoms with E-state index in [1.807, 2.05) is 19.4 Å². The van der Waals surface area contributed by atoms with E-state index in [0.29, 0.717) is 6.54 Å². The molecule has 12 heavy (non-hydrogen) atoms. The molecule has 0 atom stereocenters. The fourth-order valence-electron chi connectivity index (χ4n) is 0.882. The molecule has 0 amide bonds. The number of nitrogens with zero attached hydrogens (tertiary/aromatic N) is 2. The number of terminal acetylenes is 1. The summed E-state index contributed by atoms with van der Waals surface area (Å²) in [5.74, 6) is 2.52. The molecule has 0 spiro atoms. The summed E-state index contributed by atoms with van der Waals surface area (Å²) in [7, 11) is 1.90. The Bertz CT molecular complexity index is 262. The van der Waals surface area contributed by atoms with Gasteiger partial charge in [0.05, 0.1) is 6.20 Å². The first kappa shape index (κ1) is 11.0. The Kier molecular flexibility index (Phi) is 5.18. The highest BCUT2D eigenvalue weighted by molar-refractivity contribution is 5.85. The minimum atomic E-state index is 0. The molecular formula is C8H12ClN3. The first-order valence-electron chi connectivity index (χ1n) is 3.46. The highest BCUT2D eigenvalue weighted by Crippen LogP contribution is 1.95. The van der Waals surface area contributed by atoms with E-state index in [1.54, 1.807) is 4.68 Å². The Balaban J connectivity index is 0.00000121. The van der Waals surface area contributed by atoms with Gasteiger partial charge in [-0.3, -0.25) is 4.68 Å². The van der Waals surface area contributed by atoms with Crippen molar-refractivity contribution in [3.8, 4) is 12.3 Å². The van der Waals surface area contributed by atoms with Crippen LogP contribution in [0.3, 0.4) is 0 Å². The standard InChI is InChI=1S/C8H11N3.ClH/c1-3-4-11-7-8(5-9-2)6-10-11;/h1,6-7,9H,4-5H2,2H3;1H. The summed E-state index contributed by atoms with van der Waals surface area (Å²) in [6.45, 7) is 1.38. The number of nitrogens with one attached hydrogen (secondary N) is 1. The van der Waals surface area contributed by atoms with Gasteiger partial charge in [-0.2, -0.15) is 5.10 Å². The zero-order valence-electron chi connectivity index (χ0n) is 6.95. The van der Waals surface area contributed by atoms with Gasteiger partial charge in [0, 0.05) is 18.3 Å². The largest absolute Gasteiger partial charge is 0.316 e. The molecule has 4 heteroatoms. The van der Waals surface area contributed by atoms with Crippen LogP contribution in [0.2, 0.25) is 0 Å². The van der Waals surface area contributed by atoms with Gasteiger partial charge in [0.25, 0.3) is 0 Å². The Hall–Kier alpha value is -0.980. The van der Waals surface area contributed by atoms with Gasteiger partial charge in [0.15, 0.2) is 0 Å². The Morgan fingerprint density at radius 3 is 3.08 bits per heavy atom. The highest BCUT2D eigenvalue weighted by atomic mass is 35.5. The second-order valence-corrected chi connectivity index (χ2v) is 2.28. The van der Waals surface area contributed by atoms with Crippen molar-refractivity contribution < 1.29 is 0 Å². The van der Waals surface area contributed by atoms with E-state index in [1.165, 1.54) is 0 Å². The van der Waals surface area contributed by atoms with E-state index < -0.39 is 0 Å². The fraction of sp³-hybridized carbons (Fsp3) is 0.375. The van der Waals surface area contributed by atoms with Crippen molar-refractivity contribution in [2.75, 3.05) is 7.05 Å². The molecule has 0 aromatic carbocycles. The van der Waals surface area contributed by atoms with Crippen LogP contribution in [0.15, 0.2) is 12.4 Å². The van der Waals surface area contributed by atoms with Crippen LogP contribution < -0.4 is 5.32 Å². The van der Waals surface area contributed by atoms with Gasteiger partial charge in [-0.25, -0.2) is 0 Å². The molecule has 0 aliphatic carbocycles. The smallest absolute Gasteiger partial charge is 0.101 e. The van der Waals surface area contributed by atoms with Crippen LogP contribution in [-0.2, 0) is 13.1 Å². The third-order valence-electron chi connectivity index (χ3n) is 1.32. The summed E-state index contributed by atoms with van der Waals surface area (Å²) in [6, 6.07) is 0. The minimum absolute atomic E-state index is 0. The SMILES string of the molecule is C#CCn1cc(CNC)cn1.Cl. The van der Waals surface area contributed by atoms with Crippen LogP contribution in [0.1, 0.15) is 5.56 Å². The maximum Gasteiger partial charge on any atom is 0.101 e. The lowest BCUT2D eigenvalue weighted by molar-refractivity contribution is 0.713. The summed E-state index contributed by atoms with van der Waals surface area (Å²) in [6.07, 6.45) is 8.87. The Labute approximate surface area is 78.6 Å². The van der Waals surface area contributed by atoms with E-state index in [2.05, 4.69) is 16.3 Å². The van der Waals surface area contributed by atoms with Gasteiger partial charge < -0.3 is 5.32 Å². The Morgan fingerprint density at radius 2 is 2.50 bits per heavy atom. The number of aromatic nitrogens is 2. The highest BCUT2D eigenvalue weighted by Gasteiger charge is 1.93. The number of hydrogen-bond acceptors (Lipinski definition) is 2. The molecule has 3 nitrogen and oxygen atoms in total. The lowest BCUT2D eigenvalue weighted by Crippen LogP contribution is -2.03. The summed E-state index contributed by atoms with van der Waals surface area (Å²) < 4.78 is 1.74. The zero-order chi connectivity index (χ0) is 8.10. The molecule has 1 aromatic heterocycles. The third kappa shape index (κ3) is 2.95. The molecule has 0 fully saturated rings. The van der Waals surface area contributed by atoms with Crippen LogP contribution in [0.4, 0.5) is 0 Å². The second kappa shape index (κ2) is 5.64. The molecule has 0 saturated heterocycles. The van der Waals surface area contributed by atoms with Crippen molar-refractivity contribution >= 4 is 12.4 Å². The van der Waals surface area contributed by atoms with E-state index >= 15 is 0 Å². The summed E-state index contributed by atoms with van der Waals surface area (Å²) in [5.41, 5.74) is 1.16. The Morgan fingerprint density at radius 1 is 1.75 bits per heavy atom. The van der Waals surface area contributed by atoms with Crippen molar-refractivity contribution in [3.05, 3.63) is 18.0 Å². The van der Waals surface area contributed by atoms with E-state index in [0.717, 1.165) is 12.1 Å². The molecule has 0 saturated carbocycles. The number of rotatable bonds is 3. The average molecular weight is 186 g/mol. The molecule has 1 rings (SSSR count).